The zero-order chi connectivity index (χ0) is 15.3. The molecule has 0 aliphatic carbocycles. The second-order valence-electron chi connectivity index (χ2n) is 6.23. The molecular formula is C14H26N2O4. The van der Waals surface area contributed by atoms with Crippen molar-refractivity contribution in [1.82, 2.24) is 9.80 Å². The number of carboxylic acid groups (broad SMARTS) is 1. The van der Waals surface area contributed by atoms with Gasteiger partial charge < -0.3 is 19.6 Å². The van der Waals surface area contributed by atoms with Crippen molar-refractivity contribution in [2.45, 2.75) is 46.1 Å². The number of nitrogens with zero attached hydrogens (tertiary/aromatic N) is 2. The number of hydrogen-bond donors (Lipinski definition) is 1. The van der Waals surface area contributed by atoms with Crippen LogP contribution in [0.2, 0.25) is 0 Å². The lowest BCUT2D eigenvalue weighted by Crippen LogP contribution is -2.44. The number of carbonyl (C=O) groups excluding carboxylic acids is 1. The molecule has 6 heteroatoms. The van der Waals surface area contributed by atoms with Gasteiger partial charge in [0.1, 0.15) is 5.60 Å². The molecule has 2 amide bonds. The van der Waals surface area contributed by atoms with Gasteiger partial charge in [-0.2, -0.15) is 0 Å². The van der Waals surface area contributed by atoms with E-state index in [1.165, 1.54) is 4.90 Å². The molecule has 0 bridgehead atoms. The maximum absolute atomic E-state index is 11.9. The first-order valence-corrected chi connectivity index (χ1v) is 7.18. The Kier molecular flexibility index (Phi) is 5.65. The van der Waals surface area contributed by atoms with Gasteiger partial charge in [-0.05, 0) is 46.5 Å². The van der Waals surface area contributed by atoms with Crippen LogP contribution in [0.3, 0.4) is 0 Å². The van der Waals surface area contributed by atoms with Crippen LogP contribution < -0.4 is 0 Å². The van der Waals surface area contributed by atoms with Gasteiger partial charge in [0.25, 0.3) is 0 Å². The molecule has 0 aromatic rings. The lowest BCUT2D eigenvalue weighted by molar-refractivity contribution is 0.0170. The third-order valence-corrected chi connectivity index (χ3v) is 3.40. The number of amides is 2. The average Bonchev–Trinajstić information content (AvgIpc) is 2.34. The number of likely N-dealkylation sites (tertiary alicyclic amines) is 1. The summed E-state index contributed by atoms with van der Waals surface area (Å²) in [6.07, 6.45) is 0.495. The van der Waals surface area contributed by atoms with Crippen LogP contribution in [-0.4, -0.2) is 58.9 Å². The molecule has 0 saturated carbocycles. The number of hydrogen-bond acceptors (Lipinski definition) is 3. The number of carbonyl (C=O) groups is 2. The van der Waals surface area contributed by atoms with Gasteiger partial charge in [-0.3, -0.25) is 0 Å². The predicted octanol–water partition coefficient (Wildman–Crippen LogP) is 2.63. The van der Waals surface area contributed by atoms with Crippen molar-refractivity contribution >= 4 is 12.2 Å². The van der Waals surface area contributed by atoms with Crippen LogP contribution in [0.5, 0.6) is 0 Å². The maximum atomic E-state index is 11.9. The minimum atomic E-state index is -0.873. The third kappa shape index (κ3) is 5.27. The molecule has 1 rings (SSSR count). The number of rotatable bonds is 3. The van der Waals surface area contributed by atoms with Crippen LogP contribution in [0.15, 0.2) is 0 Å². The zero-order valence-electron chi connectivity index (χ0n) is 12.9. The largest absolute Gasteiger partial charge is 0.465 e. The summed E-state index contributed by atoms with van der Waals surface area (Å²) in [5.41, 5.74) is -0.476. The van der Waals surface area contributed by atoms with Crippen molar-refractivity contribution in [1.29, 1.82) is 0 Å². The van der Waals surface area contributed by atoms with Crippen LogP contribution >= 0.6 is 0 Å². The van der Waals surface area contributed by atoms with E-state index in [2.05, 4.69) is 0 Å². The second-order valence-corrected chi connectivity index (χ2v) is 6.23. The Bertz CT molecular complexity index is 344. The first-order valence-electron chi connectivity index (χ1n) is 7.18. The van der Waals surface area contributed by atoms with Crippen molar-refractivity contribution in [3.8, 4) is 0 Å². The highest BCUT2D eigenvalue weighted by molar-refractivity contribution is 5.68. The Morgan fingerprint density at radius 1 is 1.30 bits per heavy atom. The van der Waals surface area contributed by atoms with Crippen LogP contribution in [0.25, 0.3) is 0 Å². The fourth-order valence-electron chi connectivity index (χ4n) is 2.28. The summed E-state index contributed by atoms with van der Waals surface area (Å²) < 4.78 is 5.34. The Hall–Kier alpha value is -1.46. The van der Waals surface area contributed by atoms with Gasteiger partial charge in [0, 0.05) is 26.2 Å². The Labute approximate surface area is 120 Å². The molecule has 1 fully saturated rings. The van der Waals surface area contributed by atoms with E-state index >= 15 is 0 Å². The fourth-order valence-corrected chi connectivity index (χ4v) is 2.28. The Balaban J connectivity index is 2.40. The summed E-state index contributed by atoms with van der Waals surface area (Å²) in [6.45, 7) is 9.71. The van der Waals surface area contributed by atoms with Crippen molar-refractivity contribution in [2.24, 2.45) is 5.92 Å². The predicted molar refractivity (Wildman–Crippen MR) is 75.8 cm³/mol. The minimum absolute atomic E-state index is 0.276. The molecule has 116 valence electrons. The van der Waals surface area contributed by atoms with Gasteiger partial charge in [-0.15, -0.1) is 0 Å². The summed E-state index contributed by atoms with van der Waals surface area (Å²) in [6, 6.07) is 0. The van der Waals surface area contributed by atoms with Gasteiger partial charge in [-0.25, -0.2) is 9.59 Å². The molecule has 0 atom stereocenters. The van der Waals surface area contributed by atoms with Gasteiger partial charge >= 0.3 is 12.2 Å². The topological polar surface area (TPSA) is 70.1 Å². The van der Waals surface area contributed by atoms with E-state index in [-0.39, 0.29) is 6.09 Å². The van der Waals surface area contributed by atoms with Gasteiger partial charge in [0.05, 0.1) is 0 Å². The fraction of sp³-hybridized carbons (Fsp3) is 0.857. The standard InChI is InChI=1S/C14H26N2O4/c1-5-15(12(17)18)10-11-6-8-16(9-7-11)13(19)20-14(2,3)4/h11H,5-10H2,1-4H3,(H,17,18). The van der Waals surface area contributed by atoms with E-state index in [1.54, 1.807) is 4.90 Å². The summed E-state index contributed by atoms with van der Waals surface area (Å²) >= 11 is 0. The highest BCUT2D eigenvalue weighted by atomic mass is 16.6. The van der Waals surface area contributed by atoms with Crippen LogP contribution in [0.4, 0.5) is 9.59 Å². The van der Waals surface area contributed by atoms with Gasteiger partial charge in [0.15, 0.2) is 0 Å². The monoisotopic (exact) mass is 286 g/mol. The molecule has 0 unspecified atom stereocenters. The number of ether oxygens (including phenoxy) is 1. The second kappa shape index (κ2) is 6.81. The molecule has 1 heterocycles. The maximum Gasteiger partial charge on any atom is 0.410 e. The summed E-state index contributed by atoms with van der Waals surface area (Å²) in [4.78, 5) is 26.0. The molecule has 1 saturated heterocycles. The van der Waals surface area contributed by atoms with E-state index in [4.69, 9.17) is 9.84 Å². The first-order chi connectivity index (χ1) is 9.23. The highest BCUT2D eigenvalue weighted by Gasteiger charge is 2.28. The molecule has 0 radical (unpaired) electrons. The smallest absolute Gasteiger partial charge is 0.410 e. The lowest BCUT2D eigenvalue weighted by atomic mass is 9.96. The lowest BCUT2D eigenvalue weighted by Gasteiger charge is -2.34. The van der Waals surface area contributed by atoms with Crippen molar-refractivity contribution in [3.05, 3.63) is 0 Å². The zero-order valence-corrected chi connectivity index (χ0v) is 12.9. The van der Waals surface area contributed by atoms with Crippen LogP contribution in [0, 0.1) is 5.92 Å². The van der Waals surface area contributed by atoms with E-state index in [0.29, 0.717) is 32.1 Å². The molecule has 1 aliphatic rings. The van der Waals surface area contributed by atoms with Crippen molar-refractivity contribution in [3.63, 3.8) is 0 Å². The Morgan fingerprint density at radius 2 is 1.85 bits per heavy atom. The summed E-state index contributed by atoms with van der Waals surface area (Å²) in [7, 11) is 0. The molecule has 0 aromatic carbocycles. The molecule has 20 heavy (non-hydrogen) atoms. The average molecular weight is 286 g/mol. The molecule has 6 nitrogen and oxygen atoms in total. The summed E-state index contributed by atoms with van der Waals surface area (Å²) in [5.74, 6) is 0.324. The Morgan fingerprint density at radius 3 is 2.25 bits per heavy atom. The van der Waals surface area contributed by atoms with Gasteiger partial charge in [0.2, 0.25) is 0 Å². The quantitative estimate of drug-likeness (QED) is 0.866. The minimum Gasteiger partial charge on any atom is -0.465 e. The van der Waals surface area contributed by atoms with E-state index in [1.807, 2.05) is 27.7 Å². The van der Waals surface area contributed by atoms with Crippen molar-refractivity contribution < 1.29 is 19.4 Å². The summed E-state index contributed by atoms with van der Waals surface area (Å²) in [5, 5.41) is 9.01. The molecule has 1 aliphatic heterocycles. The normalized spacial score (nSPS) is 16.9. The molecular weight excluding hydrogens is 260 g/mol. The first kappa shape index (κ1) is 16.6. The highest BCUT2D eigenvalue weighted by Crippen LogP contribution is 2.20. The third-order valence-electron chi connectivity index (χ3n) is 3.40. The van der Waals surface area contributed by atoms with E-state index < -0.39 is 11.7 Å². The SMILES string of the molecule is CCN(CC1CCN(C(=O)OC(C)(C)C)CC1)C(=O)O. The van der Waals surface area contributed by atoms with Crippen LogP contribution in [-0.2, 0) is 4.74 Å². The van der Waals surface area contributed by atoms with E-state index in [9.17, 15) is 9.59 Å². The van der Waals surface area contributed by atoms with Gasteiger partial charge in [-0.1, -0.05) is 0 Å². The van der Waals surface area contributed by atoms with Crippen molar-refractivity contribution in [2.75, 3.05) is 26.2 Å². The molecule has 0 aromatic heterocycles. The van der Waals surface area contributed by atoms with E-state index in [0.717, 1.165) is 12.8 Å². The molecule has 0 spiro atoms. The molecule has 1 N–H and O–H groups in total. The number of piperidine rings is 1. The van der Waals surface area contributed by atoms with Crippen LogP contribution in [0.1, 0.15) is 40.5 Å².